The second kappa shape index (κ2) is 15.3. The Balaban J connectivity index is 0.00000280. The minimum atomic E-state index is 0. The van der Waals surface area contributed by atoms with Crippen LogP contribution in [0, 0.1) is 13.8 Å². The SMILES string of the molecule is COc1cc(C)c(N2CCCS/C2=N\N=C\c2ccc(C(N)=NC=Nc3ccc(OF)cc3)cc2)c(C)c1.F.F. The third-order valence-electron chi connectivity index (χ3n) is 5.84. The van der Waals surface area contributed by atoms with Crippen LogP contribution in [-0.2, 0) is 0 Å². The first kappa shape index (κ1) is 31.9. The van der Waals surface area contributed by atoms with Gasteiger partial charge in [-0.25, -0.2) is 9.98 Å². The molecule has 0 bridgehead atoms. The first-order valence-electron chi connectivity index (χ1n) is 12.0. The van der Waals surface area contributed by atoms with Crippen LogP contribution in [0.25, 0.3) is 0 Å². The number of benzene rings is 3. The van der Waals surface area contributed by atoms with E-state index in [1.807, 2.05) is 36.4 Å². The van der Waals surface area contributed by atoms with E-state index in [0.29, 0.717) is 11.5 Å². The van der Waals surface area contributed by atoms with E-state index in [0.717, 1.165) is 57.6 Å². The van der Waals surface area contributed by atoms with Gasteiger partial charge >= 0.3 is 0 Å². The highest BCUT2D eigenvalue weighted by Crippen LogP contribution is 2.33. The number of hydrogen-bond acceptors (Lipinski definition) is 6. The van der Waals surface area contributed by atoms with Crippen LogP contribution in [0.5, 0.6) is 11.5 Å². The Morgan fingerprint density at radius 3 is 2.30 bits per heavy atom. The molecule has 1 aliphatic heterocycles. The number of hydrogen-bond donors (Lipinski definition) is 1. The second-order valence-electron chi connectivity index (χ2n) is 8.54. The second-order valence-corrected chi connectivity index (χ2v) is 9.60. The van der Waals surface area contributed by atoms with Crippen LogP contribution in [0.4, 0.5) is 25.3 Å². The molecule has 0 spiro atoms. The highest BCUT2D eigenvalue weighted by molar-refractivity contribution is 8.14. The van der Waals surface area contributed by atoms with Crippen LogP contribution in [-0.4, -0.2) is 43.0 Å². The van der Waals surface area contributed by atoms with Crippen molar-refractivity contribution in [3.63, 3.8) is 0 Å². The predicted molar refractivity (Wildman–Crippen MR) is 160 cm³/mol. The Morgan fingerprint density at radius 1 is 1.00 bits per heavy atom. The Morgan fingerprint density at radius 2 is 1.68 bits per heavy atom. The number of methoxy groups -OCH3 is 1. The van der Waals surface area contributed by atoms with E-state index in [-0.39, 0.29) is 15.2 Å². The number of nitrogens with zero attached hydrogens (tertiary/aromatic N) is 5. The van der Waals surface area contributed by atoms with Crippen molar-refractivity contribution in [2.24, 2.45) is 25.9 Å². The van der Waals surface area contributed by atoms with Crippen LogP contribution < -0.4 is 20.3 Å². The first-order chi connectivity index (χ1) is 18.5. The molecule has 1 aliphatic rings. The van der Waals surface area contributed by atoms with Crippen molar-refractivity contribution in [1.29, 1.82) is 0 Å². The Labute approximate surface area is 235 Å². The summed E-state index contributed by atoms with van der Waals surface area (Å²) in [5.74, 6) is 2.29. The lowest BCUT2D eigenvalue weighted by Gasteiger charge is -2.31. The fourth-order valence-corrected chi connectivity index (χ4v) is 4.91. The largest absolute Gasteiger partial charge is 0.497 e. The highest BCUT2D eigenvalue weighted by atomic mass is 32.2. The van der Waals surface area contributed by atoms with Crippen molar-refractivity contribution < 1.29 is 23.6 Å². The Kier molecular flexibility index (Phi) is 12.2. The third-order valence-corrected chi connectivity index (χ3v) is 6.90. The van der Waals surface area contributed by atoms with Crippen molar-refractivity contribution in [2.45, 2.75) is 20.3 Å². The number of amidine groups is 2. The zero-order valence-electron chi connectivity index (χ0n) is 22.3. The monoisotopic (exact) mass is 572 g/mol. The standard InChI is InChI=1S/C28H29FN6O2S.2FH/c1-19-15-25(36-3)16-20(2)26(19)35-13-4-14-38-28(35)34-33-17-21-5-7-22(8-6-21)27(30)32-18-31-23-9-11-24(37-29)12-10-23;;/h5-12,15-18H,4,13-14H2,1-3H3,(H2,30,31,32);2*1H/b33-17+,34-28-;;. The van der Waals surface area contributed by atoms with Gasteiger partial charge in [-0.2, -0.15) is 5.10 Å². The number of aliphatic imine (C=N–C) groups is 2. The minimum Gasteiger partial charge on any atom is -0.497 e. The number of aryl methyl sites for hydroxylation is 2. The average Bonchev–Trinajstić information content (AvgIpc) is 2.94. The van der Waals surface area contributed by atoms with Gasteiger partial charge in [-0.1, -0.05) is 36.0 Å². The van der Waals surface area contributed by atoms with E-state index in [1.54, 1.807) is 37.2 Å². The predicted octanol–water partition coefficient (Wildman–Crippen LogP) is 6.28. The van der Waals surface area contributed by atoms with Crippen LogP contribution in [0.15, 0.2) is 80.9 Å². The van der Waals surface area contributed by atoms with Crippen molar-refractivity contribution in [3.05, 3.63) is 82.9 Å². The fourth-order valence-electron chi connectivity index (χ4n) is 4.01. The van der Waals surface area contributed by atoms with E-state index in [4.69, 9.17) is 10.5 Å². The maximum absolute atomic E-state index is 12.1. The molecule has 0 saturated carbocycles. The molecule has 2 N–H and O–H groups in total. The maximum atomic E-state index is 12.1. The first-order valence-corrected chi connectivity index (χ1v) is 13.0. The zero-order valence-corrected chi connectivity index (χ0v) is 23.1. The summed E-state index contributed by atoms with van der Waals surface area (Å²) in [6, 6.07) is 17.8. The van der Waals surface area contributed by atoms with E-state index in [9.17, 15) is 4.53 Å². The highest BCUT2D eigenvalue weighted by Gasteiger charge is 2.22. The van der Waals surface area contributed by atoms with Crippen LogP contribution >= 0.6 is 11.8 Å². The van der Waals surface area contributed by atoms with Crippen molar-refractivity contribution in [3.8, 4) is 11.5 Å². The Hall–Kier alpha value is -4.32. The molecule has 4 rings (SSSR count). The summed E-state index contributed by atoms with van der Waals surface area (Å²) in [5.41, 5.74) is 11.8. The normalized spacial score (nSPS) is 14.8. The molecule has 1 saturated heterocycles. The summed E-state index contributed by atoms with van der Waals surface area (Å²) in [6.07, 6.45) is 4.15. The van der Waals surface area contributed by atoms with Crippen LogP contribution in [0.3, 0.4) is 0 Å². The number of nitrogens with two attached hydrogens (primary N) is 1. The number of ether oxygens (including phenoxy) is 1. The van der Waals surface area contributed by atoms with E-state index < -0.39 is 0 Å². The summed E-state index contributed by atoms with van der Waals surface area (Å²) in [5, 5.41) is 9.79. The van der Waals surface area contributed by atoms with Gasteiger partial charge in [0.05, 0.1) is 19.0 Å². The lowest BCUT2D eigenvalue weighted by molar-refractivity contribution is -0.00618. The number of rotatable bonds is 8. The molecule has 0 aromatic heterocycles. The zero-order chi connectivity index (χ0) is 26.9. The minimum absolute atomic E-state index is 0. The molecule has 0 unspecified atom stereocenters. The molecule has 0 aliphatic carbocycles. The topological polar surface area (TPSA) is 97.2 Å². The summed E-state index contributed by atoms with van der Waals surface area (Å²) in [6.45, 7) is 5.07. The summed E-state index contributed by atoms with van der Waals surface area (Å²) < 4.78 is 17.5. The number of halogens is 3. The van der Waals surface area contributed by atoms with Crippen molar-refractivity contribution in [2.75, 3.05) is 24.3 Å². The van der Waals surface area contributed by atoms with Gasteiger partial charge in [0.15, 0.2) is 10.9 Å². The average molecular weight is 573 g/mol. The lowest BCUT2D eigenvalue weighted by Crippen LogP contribution is -2.35. The third kappa shape index (κ3) is 8.09. The van der Waals surface area contributed by atoms with Crippen molar-refractivity contribution in [1.82, 2.24) is 0 Å². The molecule has 212 valence electrons. The van der Waals surface area contributed by atoms with E-state index in [1.165, 1.54) is 18.5 Å². The van der Waals surface area contributed by atoms with Gasteiger partial charge in [0.2, 0.25) is 0 Å². The van der Waals surface area contributed by atoms with E-state index in [2.05, 4.69) is 43.9 Å². The van der Waals surface area contributed by atoms with Gasteiger partial charge in [0.1, 0.15) is 17.9 Å². The molecule has 1 heterocycles. The quantitative estimate of drug-likeness (QED) is 0.195. The van der Waals surface area contributed by atoms with Crippen LogP contribution in [0.2, 0.25) is 0 Å². The van der Waals surface area contributed by atoms with Gasteiger partial charge in [0.25, 0.3) is 0 Å². The Bertz CT molecular complexity index is 1360. The molecule has 3 aromatic rings. The maximum Gasteiger partial charge on any atom is 0.190 e. The molecule has 0 radical (unpaired) electrons. The molecule has 8 nitrogen and oxygen atoms in total. The summed E-state index contributed by atoms with van der Waals surface area (Å²) in [7, 11) is 1.68. The van der Waals surface area contributed by atoms with Crippen LogP contribution in [0.1, 0.15) is 28.7 Å². The molecular formula is C28H31F3N6O2S. The summed E-state index contributed by atoms with van der Waals surface area (Å²) >= 11 is 1.71. The molecule has 12 heteroatoms. The molecule has 3 aromatic carbocycles. The molecule has 40 heavy (non-hydrogen) atoms. The number of thioether (sulfide) groups is 1. The fraction of sp³-hybridized carbons (Fsp3) is 0.214. The van der Waals surface area contributed by atoms with Gasteiger partial charge < -0.3 is 15.4 Å². The van der Waals surface area contributed by atoms with E-state index >= 15 is 0 Å². The smallest absolute Gasteiger partial charge is 0.190 e. The molecule has 0 amide bonds. The lowest BCUT2D eigenvalue weighted by atomic mass is 10.1. The molecule has 0 atom stereocenters. The van der Waals surface area contributed by atoms with Gasteiger partial charge in [-0.05, 0) is 73.4 Å². The molecular weight excluding hydrogens is 541 g/mol. The van der Waals surface area contributed by atoms with Gasteiger partial charge in [0, 0.05) is 28.1 Å². The number of anilines is 1. The van der Waals surface area contributed by atoms with Crippen molar-refractivity contribution >= 4 is 46.7 Å². The summed E-state index contributed by atoms with van der Waals surface area (Å²) in [4.78, 5) is 14.2. The molecule has 1 fully saturated rings. The van der Waals surface area contributed by atoms with Gasteiger partial charge in [-0.3, -0.25) is 14.4 Å². The van der Waals surface area contributed by atoms with Gasteiger partial charge in [-0.15, -0.1) is 5.10 Å².